The second-order valence-corrected chi connectivity index (χ2v) is 16.9. The minimum absolute atomic E-state index is 0.123. The summed E-state index contributed by atoms with van der Waals surface area (Å²) >= 11 is 0. The Morgan fingerprint density at radius 2 is 0.946 bits per heavy atom. The first-order chi connectivity index (χ1) is 27.2. The molecule has 330 valence electrons. The average molecular weight is 817 g/mol. The Labute approximate surface area is 342 Å². The Morgan fingerprint density at radius 1 is 0.536 bits per heavy atom. The second-order valence-electron chi connectivity index (χ2n) is 15.4. The number of hydrogen-bond donors (Lipinski definition) is 3. The predicted molar refractivity (Wildman–Crippen MR) is 228 cm³/mol. The van der Waals surface area contributed by atoms with Crippen LogP contribution in [0, 0.1) is 0 Å². The summed E-state index contributed by atoms with van der Waals surface area (Å²) < 4.78 is 32.7. The minimum atomic E-state index is -4.62. The first-order valence-corrected chi connectivity index (χ1v) is 24.3. The van der Waals surface area contributed by atoms with Crippen molar-refractivity contribution in [2.24, 2.45) is 0 Å². The third-order valence-corrected chi connectivity index (χ3v) is 10.8. The molecular weight excluding hydrogens is 731 g/mol. The molecule has 0 aromatic heterocycles. The lowest BCUT2D eigenvalue weighted by atomic mass is 10.0. The quantitative estimate of drug-likeness (QED) is 0.0235. The lowest BCUT2D eigenvalue weighted by Crippen LogP contribution is -2.29. The number of rotatable bonds is 43. The van der Waals surface area contributed by atoms with Gasteiger partial charge in [-0.3, -0.25) is 18.6 Å². The number of hydrogen-bond acceptors (Lipinski definition) is 9. The lowest BCUT2D eigenvalue weighted by molar-refractivity contribution is -0.161. The topological polar surface area (TPSA) is 149 Å². The summed E-state index contributed by atoms with van der Waals surface area (Å²) in [4.78, 5) is 35.0. The number of allylic oxidation sites excluding steroid dienone is 4. The fourth-order valence-corrected chi connectivity index (χ4v) is 7.12. The van der Waals surface area contributed by atoms with Gasteiger partial charge in [-0.1, -0.05) is 186 Å². The first-order valence-electron chi connectivity index (χ1n) is 22.8. The molecule has 10 nitrogen and oxygen atoms in total. The molecule has 0 saturated heterocycles. The standard InChI is InChI=1S/C45H85O10P/c1-3-5-7-9-11-13-15-17-19-21-23-25-27-29-31-33-35-37-45(49)55-43(41-54-56(50,51)53-39-42(47)38-46)40-52-44(48)36-34-32-30-28-26-24-22-20-18-16-14-12-10-8-6-4-2/h23,25,29,31,42-43,46-47H,3-22,24,26-28,30,32-41H2,1-2H3,(H,50,51)/b25-23+,31-29+/t42-,43+/m0/s1. The molecule has 56 heavy (non-hydrogen) atoms. The summed E-state index contributed by atoms with van der Waals surface area (Å²) in [5.41, 5.74) is 0. The molecule has 0 fully saturated rings. The fraction of sp³-hybridized carbons (Fsp3) is 0.867. The van der Waals surface area contributed by atoms with E-state index in [1.165, 1.54) is 135 Å². The zero-order valence-electron chi connectivity index (χ0n) is 35.9. The van der Waals surface area contributed by atoms with E-state index in [9.17, 15) is 24.2 Å². The van der Waals surface area contributed by atoms with Crippen LogP contribution in [0.25, 0.3) is 0 Å². The molecule has 0 aliphatic heterocycles. The van der Waals surface area contributed by atoms with E-state index in [2.05, 4.69) is 36.6 Å². The van der Waals surface area contributed by atoms with Crippen molar-refractivity contribution in [1.82, 2.24) is 0 Å². The van der Waals surface area contributed by atoms with Crippen LogP contribution >= 0.6 is 7.82 Å². The Morgan fingerprint density at radius 3 is 1.43 bits per heavy atom. The Kier molecular flexibility index (Phi) is 40.5. The van der Waals surface area contributed by atoms with E-state index in [1.54, 1.807) is 0 Å². The van der Waals surface area contributed by atoms with Gasteiger partial charge in [-0.05, 0) is 38.5 Å². The van der Waals surface area contributed by atoms with E-state index in [-0.39, 0.29) is 19.4 Å². The molecule has 0 bridgehead atoms. The van der Waals surface area contributed by atoms with Crippen molar-refractivity contribution in [2.75, 3.05) is 26.4 Å². The molecule has 0 aromatic rings. The lowest BCUT2D eigenvalue weighted by Gasteiger charge is -2.20. The zero-order valence-corrected chi connectivity index (χ0v) is 36.8. The summed E-state index contributed by atoms with van der Waals surface area (Å²) in [5.74, 6) is -0.968. The number of unbranched alkanes of at least 4 members (excludes halogenated alkanes) is 25. The number of carbonyl (C=O) groups excluding carboxylic acids is 2. The Bertz CT molecular complexity index is 988. The monoisotopic (exact) mass is 817 g/mol. The number of ether oxygens (including phenoxy) is 2. The van der Waals surface area contributed by atoms with Crippen LogP contribution in [0.15, 0.2) is 24.3 Å². The van der Waals surface area contributed by atoms with Crippen molar-refractivity contribution in [1.29, 1.82) is 0 Å². The Hall–Kier alpha value is -1.55. The van der Waals surface area contributed by atoms with E-state index in [1.807, 2.05) is 6.08 Å². The van der Waals surface area contributed by atoms with Crippen LogP contribution in [0.2, 0.25) is 0 Å². The van der Waals surface area contributed by atoms with Gasteiger partial charge in [-0.2, -0.15) is 0 Å². The minimum Gasteiger partial charge on any atom is -0.462 e. The third kappa shape index (κ3) is 40.6. The molecule has 11 heteroatoms. The maximum Gasteiger partial charge on any atom is 0.472 e. The molecular formula is C45H85O10P. The van der Waals surface area contributed by atoms with Gasteiger partial charge in [0.05, 0.1) is 19.8 Å². The van der Waals surface area contributed by atoms with Crippen LogP contribution < -0.4 is 0 Å². The number of esters is 2. The molecule has 0 radical (unpaired) electrons. The van der Waals surface area contributed by atoms with Gasteiger partial charge in [0, 0.05) is 12.8 Å². The van der Waals surface area contributed by atoms with Gasteiger partial charge in [-0.15, -0.1) is 0 Å². The van der Waals surface area contributed by atoms with Crippen molar-refractivity contribution >= 4 is 19.8 Å². The predicted octanol–water partition coefficient (Wildman–Crippen LogP) is 12.2. The molecule has 0 spiro atoms. The first kappa shape index (κ1) is 54.5. The summed E-state index contributed by atoms with van der Waals surface area (Å²) in [6, 6.07) is 0. The van der Waals surface area contributed by atoms with Gasteiger partial charge in [0.1, 0.15) is 12.7 Å². The average Bonchev–Trinajstić information content (AvgIpc) is 3.19. The summed E-state index contributed by atoms with van der Waals surface area (Å²) in [5, 5.41) is 18.3. The highest BCUT2D eigenvalue weighted by molar-refractivity contribution is 7.47. The molecule has 3 atom stereocenters. The van der Waals surface area contributed by atoms with Crippen LogP contribution in [-0.4, -0.2) is 65.7 Å². The van der Waals surface area contributed by atoms with Gasteiger partial charge in [0.2, 0.25) is 0 Å². The summed E-state index contributed by atoms with van der Waals surface area (Å²) in [6.45, 7) is 2.36. The van der Waals surface area contributed by atoms with Gasteiger partial charge in [-0.25, -0.2) is 4.57 Å². The van der Waals surface area contributed by atoms with Crippen LogP contribution in [0.4, 0.5) is 0 Å². The number of aliphatic hydroxyl groups is 2. The Balaban J connectivity index is 4.31. The number of aliphatic hydroxyl groups excluding tert-OH is 2. The normalized spacial score (nSPS) is 14.0. The summed E-state index contributed by atoms with van der Waals surface area (Å²) in [6.07, 6.45) is 41.5. The van der Waals surface area contributed by atoms with Gasteiger partial charge in [0.15, 0.2) is 6.10 Å². The maximum absolute atomic E-state index is 12.6. The van der Waals surface area contributed by atoms with Crippen molar-refractivity contribution < 1.29 is 47.8 Å². The number of phosphoric acid groups is 1. The van der Waals surface area contributed by atoms with Crippen molar-refractivity contribution in [3.63, 3.8) is 0 Å². The third-order valence-electron chi connectivity index (χ3n) is 9.86. The smallest absolute Gasteiger partial charge is 0.462 e. The van der Waals surface area contributed by atoms with E-state index < -0.39 is 51.8 Å². The van der Waals surface area contributed by atoms with Gasteiger partial charge < -0.3 is 24.6 Å². The molecule has 0 saturated carbocycles. The molecule has 0 aliphatic rings. The molecule has 0 aromatic carbocycles. The molecule has 1 unspecified atom stereocenters. The summed E-state index contributed by atoms with van der Waals surface area (Å²) in [7, 11) is -4.62. The SMILES string of the molecule is CCCCCCCCCCC/C=C/C/C=C/CCCC(=O)O[C@H](COC(=O)CCCCCCCCCCCCCCCCCC)COP(=O)(O)OC[C@@H](O)CO. The molecule has 0 aliphatic carbocycles. The highest BCUT2D eigenvalue weighted by Crippen LogP contribution is 2.43. The van der Waals surface area contributed by atoms with Gasteiger partial charge >= 0.3 is 19.8 Å². The van der Waals surface area contributed by atoms with Gasteiger partial charge in [0.25, 0.3) is 0 Å². The highest BCUT2D eigenvalue weighted by atomic mass is 31.2. The van der Waals surface area contributed by atoms with Crippen molar-refractivity contribution in [2.45, 2.75) is 225 Å². The molecule has 0 amide bonds. The van der Waals surface area contributed by atoms with Crippen LogP contribution in [0.5, 0.6) is 0 Å². The van der Waals surface area contributed by atoms with E-state index in [4.69, 9.17) is 19.1 Å². The molecule has 0 rings (SSSR count). The molecule has 0 heterocycles. The fourth-order valence-electron chi connectivity index (χ4n) is 6.33. The molecule has 3 N–H and O–H groups in total. The van der Waals surface area contributed by atoms with Crippen LogP contribution in [-0.2, 0) is 32.7 Å². The zero-order chi connectivity index (χ0) is 41.2. The highest BCUT2D eigenvalue weighted by Gasteiger charge is 2.27. The maximum atomic E-state index is 12.6. The second kappa shape index (κ2) is 41.6. The van der Waals surface area contributed by atoms with E-state index in [0.717, 1.165) is 32.1 Å². The van der Waals surface area contributed by atoms with Crippen LogP contribution in [0.1, 0.15) is 213 Å². The largest absolute Gasteiger partial charge is 0.472 e. The number of carbonyl (C=O) groups is 2. The van der Waals surface area contributed by atoms with Crippen LogP contribution in [0.3, 0.4) is 0 Å². The van der Waals surface area contributed by atoms with E-state index >= 15 is 0 Å². The van der Waals surface area contributed by atoms with Crippen molar-refractivity contribution in [3.05, 3.63) is 24.3 Å². The van der Waals surface area contributed by atoms with E-state index in [0.29, 0.717) is 19.3 Å². The number of phosphoric ester groups is 1. The van der Waals surface area contributed by atoms with Crippen molar-refractivity contribution in [3.8, 4) is 0 Å².